The summed E-state index contributed by atoms with van der Waals surface area (Å²) in [6.45, 7) is 3.04. The zero-order valence-electron chi connectivity index (χ0n) is 10.1. The van der Waals surface area contributed by atoms with Crippen LogP contribution in [0.1, 0.15) is 31.7 Å². The van der Waals surface area contributed by atoms with E-state index in [-0.39, 0.29) is 17.5 Å². The summed E-state index contributed by atoms with van der Waals surface area (Å²) in [5, 5.41) is 0. The van der Waals surface area contributed by atoms with Gasteiger partial charge in [0.15, 0.2) is 0 Å². The molecule has 3 heteroatoms. The first kappa shape index (κ1) is 14.5. The summed E-state index contributed by atoms with van der Waals surface area (Å²) in [5.74, 6) is -0.172. The van der Waals surface area contributed by atoms with Gasteiger partial charge in [-0.05, 0) is 26.5 Å². The summed E-state index contributed by atoms with van der Waals surface area (Å²) in [5.41, 5.74) is 5.43. The minimum Gasteiger partial charge on any atom is -0.333 e. The van der Waals surface area contributed by atoms with Crippen molar-refractivity contribution in [2.75, 3.05) is 7.05 Å². The number of hydrogen-bond donors (Lipinski definition) is 1. The average molecular weight is 221 g/mol. The van der Waals surface area contributed by atoms with Gasteiger partial charge in [-0.2, -0.15) is 0 Å². The normalized spacial score (nSPS) is 11.0. The lowest BCUT2D eigenvalue weighted by Gasteiger charge is -2.11. The van der Waals surface area contributed by atoms with Gasteiger partial charge in [0.1, 0.15) is 11.6 Å². The standard InChI is InChI=1S/C12H14O2.CH5N/c1-9(13)8-12(10(2)14)11-6-4-3-5-7-11;1-2/h3-7,12H,8H2,1-2H3;2H2,1H3. The van der Waals surface area contributed by atoms with Crippen molar-refractivity contribution in [3.05, 3.63) is 35.9 Å². The molecule has 0 aliphatic rings. The molecule has 0 aliphatic carbocycles. The van der Waals surface area contributed by atoms with Crippen molar-refractivity contribution >= 4 is 11.6 Å². The smallest absolute Gasteiger partial charge is 0.137 e. The predicted octanol–water partition coefficient (Wildman–Crippen LogP) is 1.91. The Hall–Kier alpha value is -1.48. The van der Waals surface area contributed by atoms with Crippen molar-refractivity contribution in [2.24, 2.45) is 5.73 Å². The van der Waals surface area contributed by atoms with Crippen molar-refractivity contribution in [3.63, 3.8) is 0 Å². The van der Waals surface area contributed by atoms with Crippen LogP contribution in [0.15, 0.2) is 30.3 Å². The highest BCUT2D eigenvalue weighted by Crippen LogP contribution is 2.20. The highest BCUT2D eigenvalue weighted by Gasteiger charge is 2.17. The summed E-state index contributed by atoms with van der Waals surface area (Å²) in [6, 6.07) is 9.43. The Morgan fingerprint density at radius 3 is 2.00 bits per heavy atom. The summed E-state index contributed by atoms with van der Waals surface area (Å²) >= 11 is 0. The average Bonchev–Trinajstić information content (AvgIpc) is 2.29. The van der Waals surface area contributed by atoms with E-state index in [2.05, 4.69) is 5.73 Å². The Kier molecular flexibility index (Phi) is 7.05. The number of Topliss-reactive ketones (excluding diaryl/α,β-unsaturated/α-hetero) is 2. The Morgan fingerprint density at radius 2 is 1.62 bits per heavy atom. The molecule has 0 spiro atoms. The third kappa shape index (κ3) is 4.84. The number of hydrogen-bond acceptors (Lipinski definition) is 3. The van der Waals surface area contributed by atoms with Gasteiger partial charge in [0.2, 0.25) is 0 Å². The zero-order chi connectivity index (χ0) is 12.6. The van der Waals surface area contributed by atoms with Crippen LogP contribution in [-0.4, -0.2) is 18.6 Å². The Balaban J connectivity index is 0.00000106. The van der Waals surface area contributed by atoms with Crippen LogP contribution >= 0.6 is 0 Å². The maximum Gasteiger partial charge on any atom is 0.137 e. The SMILES string of the molecule is CC(=O)CC(C(C)=O)c1ccccc1.CN. The minimum absolute atomic E-state index is 0.0476. The van der Waals surface area contributed by atoms with E-state index in [0.717, 1.165) is 5.56 Å². The second-order valence-electron chi connectivity index (χ2n) is 3.48. The molecule has 1 atom stereocenters. The lowest BCUT2D eigenvalue weighted by atomic mass is 9.91. The molecule has 16 heavy (non-hydrogen) atoms. The van der Waals surface area contributed by atoms with Gasteiger partial charge in [0.25, 0.3) is 0 Å². The van der Waals surface area contributed by atoms with E-state index in [4.69, 9.17) is 0 Å². The van der Waals surface area contributed by atoms with Crippen LogP contribution in [0.25, 0.3) is 0 Å². The summed E-state index contributed by atoms with van der Waals surface area (Å²) in [4.78, 5) is 22.3. The maximum absolute atomic E-state index is 11.3. The van der Waals surface area contributed by atoms with Crippen LogP contribution in [-0.2, 0) is 9.59 Å². The van der Waals surface area contributed by atoms with Gasteiger partial charge < -0.3 is 5.73 Å². The molecule has 0 aliphatic heterocycles. The van der Waals surface area contributed by atoms with Gasteiger partial charge >= 0.3 is 0 Å². The van der Waals surface area contributed by atoms with E-state index >= 15 is 0 Å². The molecular formula is C13H19NO2. The third-order valence-electron chi connectivity index (χ3n) is 2.18. The minimum atomic E-state index is -0.270. The van der Waals surface area contributed by atoms with Crippen molar-refractivity contribution < 1.29 is 9.59 Å². The van der Waals surface area contributed by atoms with Crippen LogP contribution in [0.2, 0.25) is 0 Å². The summed E-state index contributed by atoms with van der Waals surface area (Å²) < 4.78 is 0. The van der Waals surface area contributed by atoms with Gasteiger partial charge in [0.05, 0.1) is 0 Å². The first-order valence-electron chi connectivity index (χ1n) is 5.24. The van der Waals surface area contributed by atoms with E-state index in [1.807, 2.05) is 30.3 Å². The van der Waals surface area contributed by atoms with Crippen LogP contribution < -0.4 is 5.73 Å². The fraction of sp³-hybridized carbons (Fsp3) is 0.385. The van der Waals surface area contributed by atoms with E-state index < -0.39 is 0 Å². The fourth-order valence-corrected chi connectivity index (χ4v) is 1.47. The molecule has 0 amide bonds. The quantitative estimate of drug-likeness (QED) is 0.844. The van der Waals surface area contributed by atoms with Gasteiger partial charge in [-0.25, -0.2) is 0 Å². The summed E-state index contributed by atoms with van der Waals surface area (Å²) in [6.07, 6.45) is 0.305. The van der Waals surface area contributed by atoms with Gasteiger partial charge in [0, 0.05) is 12.3 Å². The molecule has 0 saturated carbocycles. The van der Waals surface area contributed by atoms with Crippen LogP contribution in [0.5, 0.6) is 0 Å². The number of ketones is 2. The number of benzene rings is 1. The second-order valence-corrected chi connectivity index (χ2v) is 3.48. The Bertz CT molecular complexity index is 333. The first-order chi connectivity index (χ1) is 7.61. The fourth-order valence-electron chi connectivity index (χ4n) is 1.47. The van der Waals surface area contributed by atoms with Crippen molar-refractivity contribution in [2.45, 2.75) is 26.2 Å². The molecule has 0 radical (unpaired) electrons. The molecule has 0 fully saturated rings. The lowest BCUT2D eigenvalue weighted by Crippen LogP contribution is -2.12. The molecule has 1 aromatic rings. The predicted molar refractivity (Wildman–Crippen MR) is 65.3 cm³/mol. The zero-order valence-corrected chi connectivity index (χ0v) is 10.1. The molecule has 0 bridgehead atoms. The molecule has 1 unspecified atom stereocenters. The first-order valence-corrected chi connectivity index (χ1v) is 5.24. The molecule has 88 valence electrons. The van der Waals surface area contributed by atoms with E-state index in [1.54, 1.807) is 0 Å². The van der Waals surface area contributed by atoms with Crippen molar-refractivity contribution in [1.82, 2.24) is 0 Å². The highest BCUT2D eigenvalue weighted by molar-refractivity contribution is 5.89. The Morgan fingerprint density at radius 1 is 1.12 bits per heavy atom. The van der Waals surface area contributed by atoms with Crippen LogP contribution in [0.3, 0.4) is 0 Å². The molecule has 0 heterocycles. The molecule has 2 N–H and O–H groups in total. The highest BCUT2D eigenvalue weighted by atomic mass is 16.1. The Labute approximate surface area is 96.7 Å². The van der Waals surface area contributed by atoms with Gasteiger partial charge in [-0.15, -0.1) is 0 Å². The molecule has 1 aromatic carbocycles. The molecule has 1 rings (SSSR count). The number of carbonyl (C=O) groups excluding carboxylic acids is 2. The largest absolute Gasteiger partial charge is 0.333 e. The maximum atomic E-state index is 11.3. The van der Waals surface area contributed by atoms with E-state index in [9.17, 15) is 9.59 Å². The molecule has 0 saturated heterocycles. The van der Waals surface area contributed by atoms with Crippen LogP contribution in [0, 0.1) is 0 Å². The molecular weight excluding hydrogens is 202 g/mol. The molecule has 3 nitrogen and oxygen atoms in total. The topological polar surface area (TPSA) is 60.2 Å². The lowest BCUT2D eigenvalue weighted by molar-refractivity contribution is -0.123. The van der Waals surface area contributed by atoms with Crippen LogP contribution in [0.4, 0.5) is 0 Å². The van der Waals surface area contributed by atoms with Gasteiger partial charge in [-0.1, -0.05) is 30.3 Å². The van der Waals surface area contributed by atoms with E-state index in [0.29, 0.717) is 6.42 Å². The monoisotopic (exact) mass is 221 g/mol. The molecule has 0 aromatic heterocycles. The number of rotatable bonds is 4. The third-order valence-corrected chi connectivity index (χ3v) is 2.18. The number of nitrogens with two attached hydrogens (primary N) is 1. The summed E-state index contributed by atoms with van der Waals surface area (Å²) in [7, 11) is 1.50. The van der Waals surface area contributed by atoms with Crippen molar-refractivity contribution in [1.29, 1.82) is 0 Å². The van der Waals surface area contributed by atoms with Crippen molar-refractivity contribution in [3.8, 4) is 0 Å². The van der Waals surface area contributed by atoms with Gasteiger partial charge in [-0.3, -0.25) is 9.59 Å². The van der Waals surface area contributed by atoms with E-state index in [1.165, 1.54) is 20.9 Å². The second kappa shape index (κ2) is 7.77. The number of carbonyl (C=O) groups is 2.